The van der Waals surface area contributed by atoms with Crippen molar-refractivity contribution in [2.75, 3.05) is 0 Å². The lowest BCUT2D eigenvalue weighted by Crippen LogP contribution is -2.01. The van der Waals surface area contributed by atoms with Crippen molar-refractivity contribution < 1.29 is 8.78 Å². The first-order chi connectivity index (χ1) is 6.49. The van der Waals surface area contributed by atoms with Gasteiger partial charge in [0.1, 0.15) is 11.6 Å². The van der Waals surface area contributed by atoms with Gasteiger partial charge < -0.3 is 0 Å². The molecule has 0 N–H and O–H groups in total. The van der Waals surface area contributed by atoms with Crippen molar-refractivity contribution in [1.82, 2.24) is 0 Å². The number of rotatable bonds is 3. The highest BCUT2D eigenvalue weighted by molar-refractivity contribution is 6.20. The number of hydrogen-bond acceptors (Lipinski definition) is 0. The molecule has 2 atom stereocenters. The van der Waals surface area contributed by atoms with Gasteiger partial charge >= 0.3 is 0 Å². The van der Waals surface area contributed by atoms with E-state index in [1.165, 1.54) is 12.1 Å². The Balaban J connectivity index is 2.84. The first-order valence-electron chi connectivity index (χ1n) is 4.59. The van der Waals surface area contributed by atoms with E-state index in [0.29, 0.717) is 12.0 Å². The molecule has 0 aliphatic carbocycles. The van der Waals surface area contributed by atoms with Crippen molar-refractivity contribution in [1.29, 1.82) is 0 Å². The molecule has 0 aliphatic heterocycles. The molecule has 0 spiro atoms. The lowest BCUT2D eigenvalue weighted by molar-refractivity contribution is 0.570. The van der Waals surface area contributed by atoms with Crippen LogP contribution in [0, 0.1) is 11.6 Å². The Hall–Kier alpha value is -0.630. The van der Waals surface area contributed by atoms with E-state index < -0.39 is 11.6 Å². The Bertz CT molecular complexity index is 290. The molecule has 0 fully saturated rings. The fourth-order valence-corrected chi connectivity index (χ4v) is 1.75. The van der Waals surface area contributed by atoms with Crippen LogP contribution in [0.3, 0.4) is 0 Å². The fraction of sp³-hybridized carbons (Fsp3) is 0.455. The maximum atomic E-state index is 12.9. The van der Waals surface area contributed by atoms with E-state index in [-0.39, 0.29) is 11.3 Å². The molecule has 0 amide bonds. The van der Waals surface area contributed by atoms with Gasteiger partial charge in [0.05, 0.1) is 0 Å². The largest absolute Gasteiger partial charge is 0.207 e. The number of benzene rings is 1. The van der Waals surface area contributed by atoms with Gasteiger partial charge in [0, 0.05) is 11.4 Å². The first-order valence-corrected chi connectivity index (χ1v) is 5.02. The van der Waals surface area contributed by atoms with E-state index in [1.54, 1.807) is 0 Å². The summed E-state index contributed by atoms with van der Waals surface area (Å²) in [5.74, 6) is -0.990. The van der Waals surface area contributed by atoms with Crippen molar-refractivity contribution in [2.24, 2.45) is 0 Å². The van der Waals surface area contributed by atoms with Gasteiger partial charge in [-0.05, 0) is 37.0 Å². The monoisotopic (exact) mass is 218 g/mol. The minimum Gasteiger partial charge on any atom is -0.207 e. The number of hydrogen-bond donors (Lipinski definition) is 0. The Kier molecular flexibility index (Phi) is 3.87. The molecule has 2 unspecified atom stereocenters. The fourth-order valence-electron chi connectivity index (χ4n) is 1.48. The average molecular weight is 219 g/mol. The van der Waals surface area contributed by atoms with Crippen molar-refractivity contribution in [3.8, 4) is 0 Å². The number of alkyl halides is 1. The summed E-state index contributed by atoms with van der Waals surface area (Å²) in [6, 6.07) is 3.58. The summed E-state index contributed by atoms with van der Waals surface area (Å²) < 4.78 is 25.7. The third-order valence-corrected chi connectivity index (χ3v) is 2.31. The molecule has 1 rings (SSSR count). The molecule has 0 saturated heterocycles. The average Bonchev–Trinajstić information content (AvgIpc) is 2.00. The molecule has 14 heavy (non-hydrogen) atoms. The molecule has 0 aromatic heterocycles. The highest BCUT2D eigenvalue weighted by Gasteiger charge is 2.11. The summed E-state index contributed by atoms with van der Waals surface area (Å²) in [4.78, 5) is 0. The van der Waals surface area contributed by atoms with Crippen LogP contribution in [-0.4, -0.2) is 5.38 Å². The van der Waals surface area contributed by atoms with Crippen LogP contribution >= 0.6 is 11.6 Å². The van der Waals surface area contributed by atoms with E-state index in [1.807, 2.05) is 13.8 Å². The van der Waals surface area contributed by atoms with E-state index in [4.69, 9.17) is 11.6 Å². The second kappa shape index (κ2) is 4.74. The second-order valence-corrected chi connectivity index (χ2v) is 4.37. The molecule has 1 aromatic carbocycles. The Labute approximate surface area is 87.9 Å². The zero-order valence-corrected chi connectivity index (χ0v) is 8.98. The molecule has 3 heteroatoms. The second-order valence-electron chi connectivity index (χ2n) is 3.62. The van der Waals surface area contributed by atoms with Crippen LogP contribution in [0.15, 0.2) is 18.2 Å². The maximum absolute atomic E-state index is 12.9. The Morgan fingerprint density at radius 2 is 1.64 bits per heavy atom. The van der Waals surface area contributed by atoms with Crippen LogP contribution < -0.4 is 0 Å². The van der Waals surface area contributed by atoms with Crippen LogP contribution in [0.1, 0.15) is 31.7 Å². The lowest BCUT2D eigenvalue weighted by atomic mass is 9.96. The zero-order valence-electron chi connectivity index (χ0n) is 8.23. The normalized spacial score (nSPS) is 15.2. The smallest absolute Gasteiger partial charge is 0.126 e. The van der Waals surface area contributed by atoms with Crippen molar-refractivity contribution in [3.05, 3.63) is 35.4 Å². The quantitative estimate of drug-likeness (QED) is 0.671. The van der Waals surface area contributed by atoms with Gasteiger partial charge in [-0.15, -0.1) is 11.6 Å². The SMILES string of the molecule is CC(Cl)CC(C)c1cc(F)cc(F)c1. The standard InChI is InChI=1S/C11H13ClF2/c1-7(3-8(2)12)9-4-10(13)6-11(14)5-9/h4-8H,3H2,1-2H3. The van der Waals surface area contributed by atoms with Gasteiger partial charge in [0.2, 0.25) is 0 Å². The van der Waals surface area contributed by atoms with Gasteiger partial charge in [0.15, 0.2) is 0 Å². The van der Waals surface area contributed by atoms with Gasteiger partial charge in [-0.2, -0.15) is 0 Å². The summed E-state index contributed by atoms with van der Waals surface area (Å²) >= 11 is 5.81. The number of halogens is 3. The van der Waals surface area contributed by atoms with Crippen molar-refractivity contribution in [2.45, 2.75) is 31.6 Å². The predicted molar refractivity (Wildman–Crippen MR) is 54.7 cm³/mol. The molecule has 0 radical (unpaired) electrons. The molecule has 0 nitrogen and oxygen atoms in total. The third kappa shape index (κ3) is 3.26. The summed E-state index contributed by atoms with van der Waals surface area (Å²) in [6.45, 7) is 3.78. The molecule has 0 bridgehead atoms. The molecule has 0 saturated carbocycles. The summed E-state index contributed by atoms with van der Waals surface area (Å²) in [6.07, 6.45) is 0.713. The Morgan fingerprint density at radius 3 is 2.07 bits per heavy atom. The summed E-state index contributed by atoms with van der Waals surface area (Å²) in [5.41, 5.74) is 0.662. The van der Waals surface area contributed by atoms with E-state index in [9.17, 15) is 8.78 Å². The Morgan fingerprint density at radius 1 is 1.14 bits per heavy atom. The van der Waals surface area contributed by atoms with Crippen LogP contribution in [0.25, 0.3) is 0 Å². The zero-order chi connectivity index (χ0) is 10.7. The van der Waals surface area contributed by atoms with Gasteiger partial charge in [-0.3, -0.25) is 0 Å². The van der Waals surface area contributed by atoms with E-state index in [0.717, 1.165) is 6.07 Å². The topological polar surface area (TPSA) is 0 Å². The van der Waals surface area contributed by atoms with Crippen LogP contribution in [0.4, 0.5) is 8.78 Å². The molecular weight excluding hydrogens is 206 g/mol. The molecule has 0 aliphatic rings. The predicted octanol–water partition coefficient (Wildman–Crippen LogP) is 4.09. The van der Waals surface area contributed by atoms with Gasteiger partial charge in [-0.25, -0.2) is 8.78 Å². The van der Waals surface area contributed by atoms with E-state index in [2.05, 4.69) is 0 Å². The first kappa shape index (κ1) is 11.4. The minimum absolute atomic E-state index is 0.0105. The summed E-state index contributed by atoms with van der Waals surface area (Å²) in [7, 11) is 0. The van der Waals surface area contributed by atoms with Crippen molar-refractivity contribution >= 4 is 11.6 Å². The van der Waals surface area contributed by atoms with Gasteiger partial charge in [0.25, 0.3) is 0 Å². The molecule has 0 heterocycles. The minimum atomic E-state index is -0.533. The highest BCUT2D eigenvalue weighted by atomic mass is 35.5. The molecule has 78 valence electrons. The molecular formula is C11H13ClF2. The molecule has 1 aromatic rings. The van der Waals surface area contributed by atoms with Crippen molar-refractivity contribution in [3.63, 3.8) is 0 Å². The van der Waals surface area contributed by atoms with Gasteiger partial charge in [-0.1, -0.05) is 6.92 Å². The van der Waals surface area contributed by atoms with Crippen LogP contribution in [-0.2, 0) is 0 Å². The lowest BCUT2D eigenvalue weighted by Gasteiger charge is -2.13. The van der Waals surface area contributed by atoms with E-state index >= 15 is 0 Å². The third-order valence-electron chi connectivity index (χ3n) is 2.13. The summed E-state index contributed by atoms with van der Waals surface area (Å²) in [5, 5.41) is 0.0105. The highest BCUT2D eigenvalue weighted by Crippen LogP contribution is 2.24. The van der Waals surface area contributed by atoms with Crippen LogP contribution in [0.2, 0.25) is 0 Å². The van der Waals surface area contributed by atoms with Crippen LogP contribution in [0.5, 0.6) is 0 Å². The maximum Gasteiger partial charge on any atom is 0.126 e.